The van der Waals surface area contributed by atoms with E-state index in [2.05, 4.69) is 25.3 Å². The van der Waals surface area contributed by atoms with E-state index in [1.807, 2.05) is 31.2 Å². The summed E-state index contributed by atoms with van der Waals surface area (Å²) < 4.78 is 54.4. The Balaban J connectivity index is 1.48. The van der Waals surface area contributed by atoms with E-state index in [1.54, 1.807) is 25.1 Å². The number of hydrogen-bond donors (Lipinski definition) is 3. The van der Waals surface area contributed by atoms with Gasteiger partial charge in [0, 0.05) is 23.1 Å². The fourth-order valence-corrected chi connectivity index (χ4v) is 4.29. The van der Waals surface area contributed by atoms with E-state index in [0.717, 1.165) is 23.4 Å². The molecule has 0 unspecified atom stereocenters. The average molecular weight is 482 g/mol. The molecule has 10 heteroatoms. The van der Waals surface area contributed by atoms with Gasteiger partial charge in [-0.05, 0) is 68.4 Å². The zero-order valence-electron chi connectivity index (χ0n) is 18.3. The van der Waals surface area contributed by atoms with Gasteiger partial charge in [0.25, 0.3) is 10.0 Å². The van der Waals surface area contributed by atoms with Crippen LogP contribution in [0.5, 0.6) is 0 Å². The molecule has 0 spiro atoms. The van der Waals surface area contributed by atoms with Crippen molar-refractivity contribution in [1.29, 1.82) is 0 Å². The van der Waals surface area contributed by atoms with E-state index in [4.69, 9.17) is 0 Å². The lowest BCUT2D eigenvalue weighted by atomic mass is 10.2. The summed E-state index contributed by atoms with van der Waals surface area (Å²) in [5, 5.41) is 6.37. The molecule has 7 nitrogen and oxygen atoms in total. The summed E-state index contributed by atoms with van der Waals surface area (Å²) in [7, 11) is -4.30. The van der Waals surface area contributed by atoms with Crippen molar-refractivity contribution in [2.75, 3.05) is 15.4 Å². The third-order valence-corrected chi connectivity index (χ3v) is 6.15. The number of benzene rings is 3. The smallest absolute Gasteiger partial charge is 0.264 e. The van der Waals surface area contributed by atoms with Crippen LogP contribution in [0.15, 0.2) is 77.7 Å². The Hall–Kier alpha value is -4.05. The standard InChI is InChI=1S/C24H21F2N5O2S/c1-15-3-6-18(7-4-15)29-23-14-24(28-16(2)27-23)30-19-8-10-20(11-9-19)31-34(32,33)22-13-17(25)5-12-21(22)26/h3-14,31H,1-2H3,(H2,27,28,29,30). The minimum atomic E-state index is -4.30. The Bertz CT molecular complexity index is 1430. The molecule has 1 aromatic heterocycles. The molecule has 3 aromatic carbocycles. The minimum absolute atomic E-state index is 0.190. The first kappa shape index (κ1) is 23.1. The fraction of sp³-hybridized carbons (Fsp3) is 0.0833. The van der Waals surface area contributed by atoms with Gasteiger partial charge in [0.1, 0.15) is 34.0 Å². The van der Waals surface area contributed by atoms with Gasteiger partial charge >= 0.3 is 0 Å². The van der Waals surface area contributed by atoms with E-state index in [0.29, 0.717) is 29.2 Å². The van der Waals surface area contributed by atoms with Gasteiger partial charge in [-0.25, -0.2) is 27.2 Å². The van der Waals surface area contributed by atoms with Crippen LogP contribution in [0, 0.1) is 25.5 Å². The first-order valence-electron chi connectivity index (χ1n) is 10.2. The Morgan fingerprint density at radius 1 is 0.706 bits per heavy atom. The van der Waals surface area contributed by atoms with Crippen LogP contribution in [0.25, 0.3) is 0 Å². The quantitative estimate of drug-likeness (QED) is 0.315. The summed E-state index contributed by atoms with van der Waals surface area (Å²) in [6, 6.07) is 18.1. The van der Waals surface area contributed by atoms with Crippen molar-refractivity contribution in [1.82, 2.24) is 9.97 Å². The molecule has 1 heterocycles. The highest BCUT2D eigenvalue weighted by atomic mass is 32.2. The van der Waals surface area contributed by atoms with Gasteiger partial charge in [0.15, 0.2) is 0 Å². The summed E-state index contributed by atoms with van der Waals surface area (Å²) in [6.45, 7) is 3.78. The lowest BCUT2D eigenvalue weighted by Crippen LogP contribution is -2.14. The Morgan fingerprint density at radius 3 is 1.82 bits per heavy atom. The normalized spacial score (nSPS) is 11.2. The van der Waals surface area contributed by atoms with Crippen LogP contribution in [-0.4, -0.2) is 18.4 Å². The number of nitrogens with zero attached hydrogens (tertiary/aromatic N) is 2. The molecule has 0 fully saturated rings. The Labute approximate surface area is 196 Å². The van der Waals surface area contributed by atoms with Crippen molar-refractivity contribution in [2.45, 2.75) is 18.7 Å². The predicted octanol–water partition coefficient (Wildman–Crippen LogP) is 5.66. The van der Waals surface area contributed by atoms with E-state index in [9.17, 15) is 17.2 Å². The number of aromatic nitrogens is 2. The van der Waals surface area contributed by atoms with Crippen LogP contribution < -0.4 is 15.4 Å². The molecule has 34 heavy (non-hydrogen) atoms. The number of nitrogens with one attached hydrogen (secondary N) is 3. The first-order valence-corrected chi connectivity index (χ1v) is 11.7. The van der Waals surface area contributed by atoms with Crippen LogP contribution in [0.2, 0.25) is 0 Å². The molecule has 0 saturated heterocycles. The van der Waals surface area contributed by atoms with Crippen molar-refractivity contribution in [2.24, 2.45) is 0 Å². The lowest BCUT2D eigenvalue weighted by Gasteiger charge is -2.12. The maximum absolute atomic E-state index is 13.9. The molecule has 0 bridgehead atoms. The van der Waals surface area contributed by atoms with Gasteiger partial charge in [-0.3, -0.25) is 4.72 Å². The Morgan fingerprint density at radius 2 is 1.24 bits per heavy atom. The highest BCUT2D eigenvalue weighted by Crippen LogP contribution is 2.24. The second-order valence-corrected chi connectivity index (χ2v) is 9.21. The molecule has 4 rings (SSSR count). The van der Waals surface area contributed by atoms with E-state index < -0.39 is 26.6 Å². The van der Waals surface area contributed by atoms with Crippen LogP contribution >= 0.6 is 0 Å². The number of rotatable bonds is 7. The number of aryl methyl sites for hydroxylation is 2. The van der Waals surface area contributed by atoms with E-state index >= 15 is 0 Å². The third kappa shape index (κ3) is 5.65. The molecule has 0 aliphatic carbocycles. The SMILES string of the molecule is Cc1ccc(Nc2cc(Nc3ccc(NS(=O)(=O)c4cc(F)ccc4F)cc3)nc(C)n2)cc1. The molecule has 0 radical (unpaired) electrons. The maximum Gasteiger partial charge on any atom is 0.264 e. The zero-order chi connectivity index (χ0) is 24.3. The van der Waals surface area contributed by atoms with Crippen molar-refractivity contribution in [3.63, 3.8) is 0 Å². The van der Waals surface area contributed by atoms with Crippen LogP contribution in [-0.2, 0) is 10.0 Å². The average Bonchev–Trinajstić information content (AvgIpc) is 2.78. The zero-order valence-corrected chi connectivity index (χ0v) is 19.1. The van der Waals surface area contributed by atoms with Gasteiger partial charge in [-0.1, -0.05) is 17.7 Å². The number of halogens is 2. The second-order valence-electron chi connectivity index (χ2n) is 7.56. The highest BCUT2D eigenvalue weighted by molar-refractivity contribution is 7.92. The van der Waals surface area contributed by atoms with Crippen LogP contribution in [0.3, 0.4) is 0 Å². The molecule has 3 N–H and O–H groups in total. The molecule has 0 aliphatic rings. The monoisotopic (exact) mass is 481 g/mol. The molecular weight excluding hydrogens is 460 g/mol. The topological polar surface area (TPSA) is 96.0 Å². The molecule has 174 valence electrons. The summed E-state index contributed by atoms with van der Waals surface area (Å²) in [5.74, 6) is -0.183. The van der Waals surface area contributed by atoms with Gasteiger partial charge in [0.05, 0.1) is 0 Å². The summed E-state index contributed by atoms with van der Waals surface area (Å²) in [4.78, 5) is 8.00. The first-order chi connectivity index (χ1) is 16.2. The number of sulfonamides is 1. The van der Waals surface area contributed by atoms with Crippen molar-refractivity contribution in [3.8, 4) is 0 Å². The molecule has 4 aromatic rings. The maximum atomic E-state index is 13.9. The van der Waals surface area contributed by atoms with E-state index in [-0.39, 0.29) is 5.69 Å². The number of anilines is 5. The molecule has 0 saturated carbocycles. The van der Waals surface area contributed by atoms with Crippen LogP contribution in [0.1, 0.15) is 11.4 Å². The van der Waals surface area contributed by atoms with Crippen molar-refractivity contribution < 1.29 is 17.2 Å². The molecular formula is C24H21F2N5O2S. The largest absolute Gasteiger partial charge is 0.340 e. The Kier molecular flexibility index (Phi) is 6.42. The van der Waals surface area contributed by atoms with Gasteiger partial charge in [0.2, 0.25) is 0 Å². The van der Waals surface area contributed by atoms with Gasteiger partial charge in [-0.15, -0.1) is 0 Å². The fourth-order valence-electron chi connectivity index (χ4n) is 3.14. The van der Waals surface area contributed by atoms with Crippen molar-refractivity contribution >= 4 is 38.7 Å². The summed E-state index contributed by atoms with van der Waals surface area (Å²) in [5.41, 5.74) is 2.87. The molecule has 0 aliphatic heterocycles. The van der Waals surface area contributed by atoms with Crippen LogP contribution in [0.4, 0.5) is 37.5 Å². The molecule has 0 amide bonds. The summed E-state index contributed by atoms with van der Waals surface area (Å²) in [6.07, 6.45) is 0. The van der Waals surface area contributed by atoms with Crippen molar-refractivity contribution in [3.05, 3.63) is 95.8 Å². The third-order valence-electron chi connectivity index (χ3n) is 4.75. The second kappa shape index (κ2) is 9.44. The predicted molar refractivity (Wildman–Crippen MR) is 128 cm³/mol. The molecule has 0 atom stereocenters. The minimum Gasteiger partial charge on any atom is -0.340 e. The lowest BCUT2D eigenvalue weighted by molar-refractivity contribution is 0.555. The number of hydrogen-bond acceptors (Lipinski definition) is 6. The highest BCUT2D eigenvalue weighted by Gasteiger charge is 2.20. The van der Waals surface area contributed by atoms with Gasteiger partial charge in [-0.2, -0.15) is 0 Å². The summed E-state index contributed by atoms with van der Waals surface area (Å²) >= 11 is 0. The van der Waals surface area contributed by atoms with E-state index in [1.165, 1.54) is 12.1 Å². The van der Waals surface area contributed by atoms with Gasteiger partial charge < -0.3 is 10.6 Å².